The van der Waals surface area contributed by atoms with Gasteiger partial charge < -0.3 is 0 Å². The predicted molar refractivity (Wildman–Crippen MR) is 84.3 cm³/mol. The summed E-state index contributed by atoms with van der Waals surface area (Å²) in [5.41, 5.74) is 3.77. The second-order valence-electron chi connectivity index (χ2n) is 5.09. The first-order chi connectivity index (χ1) is 11.2. The van der Waals surface area contributed by atoms with Gasteiger partial charge in [-0.15, -0.1) is 0 Å². The first-order valence-corrected chi connectivity index (χ1v) is 7.05. The molecule has 1 heterocycles. The van der Waals surface area contributed by atoms with E-state index in [9.17, 15) is 8.78 Å². The van der Waals surface area contributed by atoms with Crippen LogP contribution in [-0.4, -0.2) is 4.98 Å². The molecule has 4 heteroatoms. The third-order valence-corrected chi connectivity index (χ3v) is 3.50. The Hall–Kier alpha value is -3.06. The molecular weight excluding hydrogens is 294 g/mol. The number of nitrogens with zero attached hydrogens (tertiary/aromatic N) is 2. The minimum absolute atomic E-state index is 0.241. The zero-order valence-electron chi connectivity index (χ0n) is 12.1. The second kappa shape index (κ2) is 6.37. The molecule has 3 rings (SSSR count). The lowest BCUT2D eigenvalue weighted by atomic mass is 9.97. The van der Waals surface area contributed by atoms with Crippen molar-refractivity contribution in [2.24, 2.45) is 0 Å². The predicted octanol–water partition coefficient (Wildman–Crippen LogP) is 4.76. The zero-order valence-corrected chi connectivity index (χ0v) is 12.1. The molecule has 0 aliphatic heterocycles. The lowest BCUT2D eigenvalue weighted by Crippen LogP contribution is -1.93. The maximum Gasteiger partial charge on any atom is 0.123 e. The highest BCUT2D eigenvalue weighted by molar-refractivity contribution is 5.81. The van der Waals surface area contributed by atoms with Gasteiger partial charge in [-0.05, 0) is 53.6 Å². The maximum absolute atomic E-state index is 13.2. The molecular formula is C19H12F2N2. The largest absolute Gasteiger partial charge is 0.255 e. The van der Waals surface area contributed by atoms with Crippen molar-refractivity contribution >= 4 is 0 Å². The van der Waals surface area contributed by atoms with Gasteiger partial charge in [-0.1, -0.05) is 12.1 Å². The molecule has 3 aromatic rings. The number of nitriles is 1. The number of halogens is 2. The molecule has 0 fully saturated rings. The van der Waals surface area contributed by atoms with Crippen molar-refractivity contribution in [3.05, 3.63) is 78.0 Å². The van der Waals surface area contributed by atoms with Crippen LogP contribution < -0.4 is 0 Å². The van der Waals surface area contributed by atoms with Crippen LogP contribution in [0.3, 0.4) is 0 Å². The third kappa shape index (κ3) is 3.24. The number of benzene rings is 2. The molecule has 0 radical (unpaired) electrons. The Labute approximate surface area is 132 Å². The standard InChI is InChI=1S/C19H12F2N2/c20-16-5-1-14(2-6-16)18-11-13(9-10-22)12-23-19(18)15-3-7-17(21)8-4-15/h1-8,11-12H,9H2. The van der Waals surface area contributed by atoms with Gasteiger partial charge in [-0.3, -0.25) is 4.98 Å². The van der Waals surface area contributed by atoms with Crippen LogP contribution >= 0.6 is 0 Å². The number of rotatable bonds is 3. The third-order valence-electron chi connectivity index (χ3n) is 3.50. The topological polar surface area (TPSA) is 36.7 Å². The van der Waals surface area contributed by atoms with Gasteiger partial charge in [0, 0.05) is 17.3 Å². The first-order valence-electron chi connectivity index (χ1n) is 7.05. The van der Waals surface area contributed by atoms with Gasteiger partial charge in [0.05, 0.1) is 18.2 Å². The van der Waals surface area contributed by atoms with Crippen molar-refractivity contribution in [2.75, 3.05) is 0 Å². The molecule has 0 aliphatic carbocycles. The van der Waals surface area contributed by atoms with E-state index in [0.29, 0.717) is 5.69 Å². The van der Waals surface area contributed by atoms with Gasteiger partial charge in [0.1, 0.15) is 11.6 Å². The van der Waals surface area contributed by atoms with Crippen LogP contribution in [0.2, 0.25) is 0 Å². The molecule has 23 heavy (non-hydrogen) atoms. The molecule has 1 aromatic heterocycles. The monoisotopic (exact) mass is 306 g/mol. The molecule has 0 N–H and O–H groups in total. The van der Waals surface area contributed by atoms with E-state index in [2.05, 4.69) is 11.1 Å². The van der Waals surface area contributed by atoms with E-state index >= 15 is 0 Å². The molecule has 0 spiro atoms. The average Bonchev–Trinajstić information content (AvgIpc) is 2.57. The van der Waals surface area contributed by atoms with Crippen LogP contribution in [0, 0.1) is 23.0 Å². The Morgan fingerprint density at radius 2 is 1.43 bits per heavy atom. The summed E-state index contributed by atoms with van der Waals surface area (Å²) in [6.45, 7) is 0. The van der Waals surface area contributed by atoms with Gasteiger partial charge in [-0.25, -0.2) is 8.78 Å². The van der Waals surface area contributed by atoms with Crippen molar-refractivity contribution in [1.29, 1.82) is 5.26 Å². The van der Waals surface area contributed by atoms with Crippen LogP contribution in [0.4, 0.5) is 8.78 Å². The van der Waals surface area contributed by atoms with E-state index in [1.165, 1.54) is 24.3 Å². The van der Waals surface area contributed by atoms with Crippen molar-refractivity contribution in [3.63, 3.8) is 0 Å². The molecule has 0 saturated carbocycles. The van der Waals surface area contributed by atoms with Crippen molar-refractivity contribution < 1.29 is 8.78 Å². The van der Waals surface area contributed by atoms with E-state index in [1.807, 2.05) is 6.07 Å². The number of aromatic nitrogens is 1. The Morgan fingerprint density at radius 3 is 2.00 bits per heavy atom. The van der Waals surface area contributed by atoms with Crippen LogP contribution in [0.5, 0.6) is 0 Å². The molecule has 0 aliphatic rings. The van der Waals surface area contributed by atoms with Crippen LogP contribution in [-0.2, 0) is 6.42 Å². The molecule has 2 aromatic carbocycles. The van der Waals surface area contributed by atoms with E-state index in [4.69, 9.17) is 5.26 Å². The van der Waals surface area contributed by atoms with Crippen molar-refractivity contribution in [1.82, 2.24) is 4.98 Å². The summed E-state index contributed by atoms with van der Waals surface area (Å²) in [5, 5.41) is 8.87. The van der Waals surface area contributed by atoms with Gasteiger partial charge >= 0.3 is 0 Å². The molecule has 0 saturated heterocycles. The summed E-state index contributed by atoms with van der Waals surface area (Å²) in [4.78, 5) is 4.43. The van der Waals surface area contributed by atoms with E-state index in [-0.39, 0.29) is 18.1 Å². The maximum atomic E-state index is 13.2. The van der Waals surface area contributed by atoms with E-state index in [1.54, 1.807) is 30.5 Å². The summed E-state index contributed by atoms with van der Waals surface area (Å²) in [5.74, 6) is -0.642. The summed E-state index contributed by atoms with van der Waals surface area (Å²) >= 11 is 0. The zero-order chi connectivity index (χ0) is 16.2. The normalized spacial score (nSPS) is 10.3. The highest BCUT2D eigenvalue weighted by Gasteiger charge is 2.11. The lowest BCUT2D eigenvalue weighted by molar-refractivity contribution is 0.627. The number of pyridine rings is 1. The summed E-state index contributed by atoms with van der Waals surface area (Å²) in [6, 6.07) is 16.1. The van der Waals surface area contributed by atoms with Gasteiger partial charge in [0.15, 0.2) is 0 Å². The summed E-state index contributed by atoms with van der Waals surface area (Å²) < 4.78 is 26.3. The highest BCUT2D eigenvalue weighted by Crippen LogP contribution is 2.31. The Balaban J connectivity index is 2.17. The number of hydrogen-bond donors (Lipinski definition) is 0. The quantitative estimate of drug-likeness (QED) is 0.699. The summed E-state index contributed by atoms with van der Waals surface area (Å²) in [7, 11) is 0. The molecule has 0 unspecified atom stereocenters. The average molecular weight is 306 g/mol. The SMILES string of the molecule is N#CCc1cnc(-c2ccc(F)cc2)c(-c2ccc(F)cc2)c1. The fraction of sp³-hybridized carbons (Fsp3) is 0.0526. The summed E-state index contributed by atoms with van der Waals surface area (Å²) in [6.07, 6.45) is 1.87. The second-order valence-corrected chi connectivity index (χ2v) is 5.09. The Kier molecular flexibility index (Phi) is 4.11. The Morgan fingerprint density at radius 1 is 0.870 bits per heavy atom. The molecule has 0 amide bonds. The van der Waals surface area contributed by atoms with Crippen LogP contribution in [0.1, 0.15) is 5.56 Å². The lowest BCUT2D eigenvalue weighted by Gasteiger charge is -2.11. The molecule has 0 bridgehead atoms. The fourth-order valence-electron chi connectivity index (χ4n) is 2.38. The first kappa shape index (κ1) is 14.9. The smallest absolute Gasteiger partial charge is 0.123 e. The minimum atomic E-state index is -0.321. The van der Waals surface area contributed by atoms with Crippen LogP contribution in [0.25, 0.3) is 22.4 Å². The Bertz CT molecular complexity index is 863. The van der Waals surface area contributed by atoms with Gasteiger partial charge in [0.2, 0.25) is 0 Å². The molecule has 112 valence electrons. The van der Waals surface area contributed by atoms with E-state index < -0.39 is 0 Å². The minimum Gasteiger partial charge on any atom is -0.255 e. The van der Waals surface area contributed by atoms with E-state index in [0.717, 1.165) is 22.3 Å². The van der Waals surface area contributed by atoms with Gasteiger partial charge in [0.25, 0.3) is 0 Å². The molecule has 2 nitrogen and oxygen atoms in total. The highest BCUT2D eigenvalue weighted by atomic mass is 19.1. The van der Waals surface area contributed by atoms with Gasteiger partial charge in [-0.2, -0.15) is 5.26 Å². The van der Waals surface area contributed by atoms with Crippen molar-refractivity contribution in [3.8, 4) is 28.5 Å². The number of hydrogen-bond acceptors (Lipinski definition) is 2. The van der Waals surface area contributed by atoms with Crippen molar-refractivity contribution in [2.45, 2.75) is 6.42 Å². The van der Waals surface area contributed by atoms with Crippen LogP contribution in [0.15, 0.2) is 60.8 Å². The molecule has 0 atom stereocenters. The fourth-order valence-corrected chi connectivity index (χ4v) is 2.38.